The highest BCUT2D eigenvalue weighted by atomic mass is 32.1. The van der Waals surface area contributed by atoms with Crippen LogP contribution in [0.1, 0.15) is 35.2 Å². The number of thiazole rings is 1. The highest BCUT2D eigenvalue weighted by Gasteiger charge is 2.35. The molecule has 0 spiro atoms. The summed E-state index contributed by atoms with van der Waals surface area (Å²) >= 11 is 1.00. The van der Waals surface area contributed by atoms with E-state index in [1.54, 1.807) is 31.2 Å². The lowest BCUT2D eigenvalue weighted by atomic mass is 9.93. The van der Waals surface area contributed by atoms with E-state index in [-0.39, 0.29) is 50.9 Å². The third-order valence-electron chi connectivity index (χ3n) is 7.59. The fourth-order valence-corrected chi connectivity index (χ4v) is 6.38. The monoisotopic (exact) mass is 665 g/mol. The molecule has 2 heterocycles. The molecule has 0 amide bonds. The van der Waals surface area contributed by atoms with E-state index in [4.69, 9.17) is 19.2 Å². The SMILES string of the molecule is CCOC(=O)C1=C(c2ccccc2)N=c2s/c(=C\c3cc(OC)c(OCc4ccccc4)cc3[N+](=O)[O-])c(=O)n2[C@@H]1c1ccc(F)cc1. The van der Waals surface area contributed by atoms with E-state index in [0.717, 1.165) is 16.9 Å². The molecular formula is C36H28FN3O7S. The summed E-state index contributed by atoms with van der Waals surface area (Å²) in [6.07, 6.45) is 1.39. The van der Waals surface area contributed by atoms with Crippen molar-refractivity contribution in [3.05, 3.63) is 161 Å². The molecule has 0 saturated heterocycles. The summed E-state index contributed by atoms with van der Waals surface area (Å²) in [6, 6.07) is 25.4. The molecule has 1 aliphatic heterocycles. The molecule has 0 unspecified atom stereocenters. The summed E-state index contributed by atoms with van der Waals surface area (Å²) in [4.78, 5) is 44.5. The van der Waals surface area contributed by atoms with Gasteiger partial charge in [-0.25, -0.2) is 14.2 Å². The highest BCUT2D eigenvalue weighted by Crippen LogP contribution is 2.37. The van der Waals surface area contributed by atoms with Crippen molar-refractivity contribution in [1.29, 1.82) is 0 Å². The van der Waals surface area contributed by atoms with E-state index in [1.165, 1.54) is 54.2 Å². The van der Waals surface area contributed by atoms with Crippen LogP contribution in [-0.4, -0.2) is 29.2 Å². The van der Waals surface area contributed by atoms with E-state index >= 15 is 0 Å². The van der Waals surface area contributed by atoms with Crippen molar-refractivity contribution in [2.24, 2.45) is 4.99 Å². The van der Waals surface area contributed by atoms with Crippen molar-refractivity contribution in [3.63, 3.8) is 0 Å². The Bertz CT molecular complexity index is 2210. The van der Waals surface area contributed by atoms with Gasteiger partial charge in [0, 0.05) is 5.56 Å². The Labute approximate surface area is 277 Å². The van der Waals surface area contributed by atoms with Gasteiger partial charge in [0.15, 0.2) is 16.3 Å². The number of hydrogen-bond donors (Lipinski definition) is 0. The topological polar surface area (TPSA) is 122 Å². The van der Waals surface area contributed by atoms with Gasteiger partial charge >= 0.3 is 5.97 Å². The minimum atomic E-state index is -1.03. The molecule has 48 heavy (non-hydrogen) atoms. The zero-order chi connectivity index (χ0) is 33.8. The molecule has 0 bridgehead atoms. The van der Waals surface area contributed by atoms with Crippen molar-refractivity contribution in [1.82, 2.24) is 4.57 Å². The van der Waals surface area contributed by atoms with Gasteiger partial charge < -0.3 is 14.2 Å². The largest absolute Gasteiger partial charge is 0.493 e. The van der Waals surface area contributed by atoms with Gasteiger partial charge in [0.05, 0.1) is 52.1 Å². The lowest BCUT2D eigenvalue weighted by Gasteiger charge is -2.25. The molecule has 1 atom stereocenters. The van der Waals surface area contributed by atoms with Crippen LogP contribution in [0.2, 0.25) is 0 Å². The summed E-state index contributed by atoms with van der Waals surface area (Å²) in [6.45, 7) is 1.89. The number of halogens is 1. The van der Waals surface area contributed by atoms with Crippen molar-refractivity contribution in [3.8, 4) is 11.5 Å². The Balaban J connectivity index is 1.55. The number of hydrogen-bond acceptors (Lipinski definition) is 9. The maximum atomic E-state index is 14.2. The second kappa shape index (κ2) is 13.9. The number of nitro benzene ring substituents is 1. The van der Waals surface area contributed by atoms with E-state index in [1.807, 2.05) is 36.4 Å². The molecule has 1 aliphatic rings. The lowest BCUT2D eigenvalue weighted by Crippen LogP contribution is -2.40. The molecule has 0 radical (unpaired) electrons. The Morgan fingerprint density at radius 3 is 2.35 bits per heavy atom. The van der Waals surface area contributed by atoms with E-state index in [2.05, 4.69) is 0 Å². The molecule has 6 rings (SSSR count). The maximum absolute atomic E-state index is 14.2. The average molecular weight is 666 g/mol. The number of nitrogens with zero attached hydrogens (tertiary/aromatic N) is 3. The molecule has 0 N–H and O–H groups in total. The molecule has 12 heteroatoms. The fourth-order valence-electron chi connectivity index (χ4n) is 5.39. The number of fused-ring (bicyclic) bond motifs is 1. The normalized spacial score (nSPS) is 14.2. The predicted molar refractivity (Wildman–Crippen MR) is 178 cm³/mol. The van der Waals surface area contributed by atoms with Crippen LogP contribution >= 0.6 is 11.3 Å². The zero-order valence-electron chi connectivity index (χ0n) is 25.8. The minimum absolute atomic E-state index is 0.0710. The third-order valence-corrected chi connectivity index (χ3v) is 8.58. The van der Waals surface area contributed by atoms with E-state index in [9.17, 15) is 24.1 Å². The van der Waals surface area contributed by atoms with Crippen molar-refractivity contribution in [2.45, 2.75) is 19.6 Å². The van der Waals surface area contributed by atoms with Crippen LogP contribution in [0, 0.1) is 15.9 Å². The minimum Gasteiger partial charge on any atom is -0.493 e. The maximum Gasteiger partial charge on any atom is 0.338 e. The molecular weight excluding hydrogens is 637 g/mol. The van der Waals surface area contributed by atoms with Crippen molar-refractivity contribution in [2.75, 3.05) is 13.7 Å². The van der Waals surface area contributed by atoms with Gasteiger partial charge in [0.1, 0.15) is 12.4 Å². The van der Waals surface area contributed by atoms with Gasteiger partial charge in [0.25, 0.3) is 11.2 Å². The van der Waals surface area contributed by atoms with Crippen molar-refractivity contribution < 1.29 is 28.3 Å². The second-order valence-electron chi connectivity index (χ2n) is 10.6. The molecule has 0 saturated carbocycles. The molecule has 0 aliphatic carbocycles. The quantitative estimate of drug-likeness (QED) is 0.109. The van der Waals surface area contributed by atoms with Crippen molar-refractivity contribution >= 4 is 34.8 Å². The van der Waals surface area contributed by atoms with E-state index < -0.39 is 28.3 Å². The van der Waals surface area contributed by atoms with Crippen LogP contribution < -0.4 is 24.4 Å². The first-order chi connectivity index (χ1) is 23.3. The summed E-state index contributed by atoms with van der Waals surface area (Å²) in [5, 5.41) is 12.3. The number of rotatable bonds is 10. The Morgan fingerprint density at radius 1 is 1.02 bits per heavy atom. The van der Waals surface area contributed by atoms with Gasteiger partial charge in [-0.2, -0.15) is 0 Å². The number of carbonyl (C=O) groups is 1. The van der Waals surface area contributed by atoms with Crippen LogP contribution in [0.3, 0.4) is 0 Å². The standard InChI is InChI=1S/C36H28FN3O7S/c1-3-46-35(42)31-32(23-12-8-5-9-13-23)38-36-39(33(31)24-14-16-26(37)17-15-24)34(41)30(48-36)19-25-18-28(45-2)29(20-27(25)40(43)44)47-21-22-10-6-4-7-11-22/h4-20,33H,3,21H2,1-2H3/b30-19-/t33-/m1/s1. The van der Waals surface area contributed by atoms with Gasteiger partial charge in [-0.05, 0) is 42.3 Å². The molecule has 1 aromatic heterocycles. The van der Waals surface area contributed by atoms with Crippen LogP contribution in [0.25, 0.3) is 11.8 Å². The summed E-state index contributed by atoms with van der Waals surface area (Å²) < 4.78 is 32.3. The molecule has 0 fully saturated rings. The first kappa shape index (κ1) is 32.1. The fraction of sp³-hybridized carbons (Fsp3) is 0.139. The third kappa shape index (κ3) is 6.38. The van der Waals surface area contributed by atoms with Gasteiger partial charge in [-0.3, -0.25) is 19.5 Å². The number of nitro groups is 1. The number of aromatic nitrogens is 1. The van der Waals surface area contributed by atoms with Crippen LogP contribution in [0.15, 0.2) is 112 Å². The number of methoxy groups -OCH3 is 1. The summed E-state index contributed by atoms with van der Waals surface area (Å²) in [7, 11) is 1.42. The molecule has 5 aromatic rings. The van der Waals surface area contributed by atoms with Crippen LogP contribution in [0.5, 0.6) is 11.5 Å². The predicted octanol–water partition coefficient (Wildman–Crippen LogP) is 5.57. The first-order valence-corrected chi connectivity index (χ1v) is 15.7. The Kier molecular flexibility index (Phi) is 9.26. The smallest absolute Gasteiger partial charge is 0.338 e. The average Bonchev–Trinajstić information content (AvgIpc) is 3.41. The first-order valence-electron chi connectivity index (χ1n) is 14.9. The zero-order valence-corrected chi connectivity index (χ0v) is 26.6. The van der Waals surface area contributed by atoms with Gasteiger partial charge in [-0.1, -0.05) is 84.1 Å². The Morgan fingerprint density at radius 2 is 1.71 bits per heavy atom. The number of esters is 1. The molecule has 4 aromatic carbocycles. The lowest BCUT2D eigenvalue weighted by molar-refractivity contribution is -0.385. The molecule has 242 valence electrons. The number of ether oxygens (including phenoxy) is 3. The van der Waals surface area contributed by atoms with Gasteiger partial charge in [0.2, 0.25) is 0 Å². The van der Waals surface area contributed by atoms with Gasteiger partial charge in [-0.15, -0.1) is 0 Å². The van der Waals surface area contributed by atoms with Crippen LogP contribution in [0.4, 0.5) is 10.1 Å². The number of benzene rings is 4. The second-order valence-corrected chi connectivity index (χ2v) is 11.6. The van der Waals surface area contributed by atoms with E-state index in [0.29, 0.717) is 16.8 Å². The van der Waals surface area contributed by atoms with Crippen LogP contribution in [-0.2, 0) is 16.1 Å². The summed E-state index contributed by atoms with van der Waals surface area (Å²) in [5.74, 6) is -0.783. The number of carbonyl (C=O) groups excluding carboxylic acids is 1. The summed E-state index contributed by atoms with van der Waals surface area (Å²) in [5.41, 5.74) is 1.54. The Hall–Kier alpha value is -5.88. The molecule has 10 nitrogen and oxygen atoms in total. The highest BCUT2D eigenvalue weighted by molar-refractivity contribution is 7.07.